The van der Waals surface area contributed by atoms with Crippen LogP contribution in [0.2, 0.25) is 0 Å². The first-order valence-corrected chi connectivity index (χ1v) is 6.17. The van der Waals surface area contributed by atoms with Gasteiger partial charge in [0.2, 0.25) is 6.41 Å². The van der Waals surface area contributed by atoms with E-state index in [1.807, 2.05) is 60.7 Å². The van der Waals surface area contributed by atoms with Crippen molar-refractivity contribution in [2.24, 2.45) is 0 Å². The van der Waals surface area contributed by atoms with E-state index >= 15 is 0 Å². The summed E-state index contributed by atoms with van der Waals surface area (Å²) in [5.74, 6) is 0. The molecule has 0 heterocycles. The van der Waals surface area contributed by atoms with E-state index in [1.54, 1.807) is 0 Å². The molecule has 0 aliphatic carbocycles. The van der Waals surface area contributed by atoms with E-state index in [2.05, 4.69) is 16.2 Å². The minimum Gasteiger partial charge on any atom is -0.326 e. The molecular weight excluding hydrogens is 254 g/mol. The number of hydrazine groups is 1. The summed E-state index contributed by atoms with van der Waals surface area (Å²) in [6, 6.07) is 18.5. The van der Waals surface area contributed by atoms with Gasteiger partial charge in [-0.15, -0.1) is 0 Å². The third kappa shape index (κ3) is 3.58. The molecule has 102 valence electrons. The minimum atomic E-state index is -0.477. The van der Waals surface area contributed by atoms with Crippen LogP contribution in [0.4, 0.5) is 4.79 Å². The highest BCUT2D eigenvalue weighted by Crippen LogP contribution is 2.21. The van der Waals surface area contributed by atoms with Gasteiger partial charge in [-0.2, -0.15) is 0 Å². The molecule has 0 radical (unpaired) electrons. The van der Waals surface area contributed by atoms with Crippen LogP contribution in [0.25, 0.3) is 0 Å². The summed E-state index contributed by atoms with van der Waals surface area (Å²) in [4.78, 5) is 21.9. The van der Waals surface area contributed by atoms with Gasteiger partial charge < -0.3 is 5.32 Å². The van der Waals surface area contributed by atoms with Crippen LogP contribution in [0.15, 0.2) is 60.7 Å². The van der Waals surface area contributed by atoms with Crippen molar-refractivity contribution in [1.29, 1.82) is 0 Å². The maximum absolute atomic E-state index is 11.7. The molecule has 0 fully saturated rings. The van der Waals surface area contributed by atoms with E-state index < -0.39 is 6.03 Å². The van der Waals surface area contributed by atoms with Crippen LogP contribution in [0, 0.1) is 0 Å². The summed E-state index contributed by atoms with van der Waals surface area (Å²) in [6.45, 7) is 0. The molecular formula is C15H15N3O2. The van der Waals surface area contributed by atoms with Gasteiger partial charge in [-0.3, -0.25) is 10.2 Å². The summed E-state index contributed by atoms with van der Waals surface area (Å²) in [5, 5.41) is 2.81. The quantitative estimate of drug-likeness (QED) is 0.571. The summed E-state index contributed by atoms with van der Waals surface area (Å²) >= 11 is 0. The van der Waals surface area contributed by atoms with Crippen LogP contribution in [0.3, 0.4) is 0 Å². The zero-order valence-electron chi connectivity index (χ0n) is 10.7. The van der Waals surface area contributed by atoms with Crippen molar-refractivity contribution in [1.82, 2.24) is 16.2 Å². The molecule has 0 aliphatic rings. The molecule has 2 aromatic rings. The Kier molecular flexibility index (Phi) is 4.72. The molecule has 3 N–H and O–H groups in total. The molecule has 3 amide bonds. The van der Waals surface area contributed by atoms with Crippen LogP contribution in [0.1, 0.15) is 17.2 Å². The first kappa shape index (κ1) is 13.6. The first-order chi connectivity index (χ1) is 9.81. The van der Waals surface area contributed by atoms with Gasteiger partial charge in [-0.05, 0) is 11.1 Å². The predicted octanol–water partition coefficient (Wildman–Crippen LogP) is 1.74. The Morgan fingerprint density at radius 1 is 0.900 bits per heavy atom. The van der Waals surface area contributed by atoms with Gasteiger partial charge >= 0.3 is 6.03 Å². The smallest absolute Gasteiger partial charge is 0.326 e. The Morgan fingerprint density at radius 2 is 1.40 bits per heavy atom. The molecule has 5 nitrogen and oxygen atoms in total. The number of carbonyl (C=O) groups is 2. The molecule has 2 aromatic carbocycles. The first-order valence-electron chi connectivity index (χ1n) is 6.17. The Hall–Kier alpha value is -2.82. The largest absolute Gasteiger partial charge is 0.334 e. The molecule has 0 aliphatic heterocycles. The SMILES string of the molecule is O=CNNC(=O)NC(c1ccccc1)c1ccccc1. The lowest BCUT2D eigenvalue weighted by Gasteiger charge is -2.19. The fourth-order valence-electron chi connectivity index (χ4n) is 1.91. The van der Waals surface area contributed by atoms with Gasteiger partial charge in [0.15, 0.2) is 0 Å². The van der Waals surface area contributed by atoms with E-state index in [0.29, 0.717) is 6.41 Å². The molecule has 0 spiro atoms. The standard InChI is InChI=1S/C15H15N3O2/c19-11-16-18-15(20)17-14(12-7-3-1-4-8-12)13-9-5-2-6-10-13/h1-11,14H,(H,16,19)(H2,17,18,20). The maximum Gasteiger partial charge on any atom is 0.334 e. The lowest BCUT2D eigenvalue weighted by molar-refractivity contribution is -0.110. The molecule has 5 heteroatoms. The predicted molar refractivity (Wildman–Crippen MR) is 75.6 cm³/mol. The average Bonchev–Trinajstić information content (AvgIpc) is 2.52. The summed E-state index contributed by atoms with van der Waals surface area (Å²) in [6.07, 6.45) is 0.402. The van der Waals surface area contributed by atoms with Crippen molar-refractivity contribution in [3.63, 3.8) is 0 Å². The molecule has 0 unspecified atom stereocenters. The van der Waals surface area contributed by atoms with Crippen molar-refractivity contribution in [2.75, 3.05) is 0 Å². The van der Waals surface area contributed by atoms with Crippen molar-refractivity contribution in [3.05, 3.63) is 71.8 Å². The van der Waals surface area contributed by atoms with E-state index in [9.17, 15) is 9.59 Å². The minimum absolute atomic E-state index is 0.286. The highest BCUT2D eigenvalue weighted by atomic mass is 16.2. The van der Waals surface area contributed by atoms with E-state index in [0.717, 1.165) is 11.1 Å². The molecule has 20 heavy (non-hydrogen) atoms. The van der Waals surface area contributed by atoms with Gasteiger partial charge in [-0.1, -0.05) is 60.7 Å². The molecule has 0 saturated carbocycles. The molecule has 0 aromatic heterocycles. The summed E-state index contributed by atoms with van der Waals surface area (Å²) in [5.41, 5.74) is 6.26. The lowest BCUT2D eigenvalue weighted by Crippen LogP contribution is -2.45. The monoisotopic (exact) mass is 269 g/mol. The van der Waals surface area contributed by atoms with Crippen molar-refractivity contribution >= 4 is 12.4 Å². The van der Waals surface area contributed by atoms with Crippen molar-refractivity contribution < 1.29 is 9.59 Å². The molecule has 0 bridgehead atoms. The van der Waals surface area contributed by atoms with E-state index in [-0.39, 0.29) is 6.04 Å². The van der Waals surface area contributed by atoms with Gasteiger partial charge in [0.05, 0.1) is 6.04 Å². The second-order valence-corrected chi connectivity index (χ2v) is 4.12. The second kappa shape index (κ2) is 6.94. The van der Waals surface area contributed by atoms with Gasteiger partial charge in [0.1, 0.15) is 0 Å². The summed E-state index contributed by atoms with van der Waals surface area (Å²) in [7, 11) is 0. The average molecular weight is 269 g/mol. The molecule has 0 atom stereocenters. The van der Waals surface area contributed by atoms with Crippen LogP contribution in [-0.2, 0) is 4.79 Å². The highest BCUT2D eigenvalue weighted by molar-refractivity contribution is 5.75. The topological polar surface area (TPSA) is 70.2 Å². The number of hydrogen-bond acceptors (Lipinski definition) is 2. The third-order valence-corrected chi connectivity index (χ3v) is 2.79. The van der Waals surface area contributed by atoms with Crippen molar-refractivity contribution in [2.45, 2.75) is 6.04 Å². The van der Waals surface area contributed by atoms with E-state index in [4.69, 9.17) is 0 Å². The zero-order chi connectivity index (χ0) is 14.2. The number of hydrogen-bond donors (Lipinski definition) is 3. The van der Waals surface area contributed by atoms with Gasteiger partial charge in [-0.25, -0.2) is 10.2 Å². The lowest BCUT2D eigenvalue weighted by atomic mass is 9.99. The van der Waals surface area contributed by atoms with Gasteiger partial charge in [0, 0.05) is 0 Å². The Bertz CT molecular complexity index is 518. The number of amides is 3. The third-order valence-electron chi connectivity index (χ3n) is 2.79. The van der Waals surface area contributed by atoms with Crippen molar-refractivity contribution in [3.8, 4) is 0 Å². The Morgan fingerprint density at radius 3 is 1.85 bits per heavy atom. The molecule has 2 rings (SSSR count). The van der Waals surface area contributed by atoms with Gasteiger partial charge in [0.25, 0.3) is 0 Å². The van der Waals surface area contributed by atoms with E-state index in [1.165, 1.54) is 0 Å². The number of carbonyl (C=O) groups excluding carboxylic acids is 2. The fourth-order valence-corrected chi connectivity index (χ4v) is 1.91. The Balaban J connectivity index is 2.21. The van der Waals surface area contributed by atoms with Crippen LogP contribution >= 0.6 is 0 Å². The maximum atomic E-state index is 11.7. The zero-order valence-corrected chi connectivity index (χ0v) is 10.7. The highest BCUT2D eigenvalue weighted by Gasteiger charge is 2.15. The number of nitrogens with one attached hydrogen (secondary N) is 3. The Labute approximate surface area is 117 Å². The number of benzene rings is 2. The fraction of sp³-hybridized carbons (Fsp3) is 0.0667. The second-order valence-electron chi connectivity index (χ2n) is 4.12. The molecule has 0 saturated heterocycles. The van der Waals surface area contributed by atoms with Crippen LogP contribution < -0.4 is 16.2 Å². The summed E-state index contributed by atoms with van der Waals surface area (Å²) < 4.78 is 0. The van der Waals surface area contributed by atoms with Crippen LogP contribution in [0.5, 0.6) is 0 Å². The van der Waals surface area contributed by atoms with Crippen LogP contribution in [-0.4, -0.2) is 12.4 Å². The normalized spacial score (nSPS) is 9.85. The number of urea groups is 1. The number of rotatable bonds is 5.